The smallest absolute Gasteiger partial charge is 0.142 e. The minimum absolute atomic E-state index is 0.296. The molecule has 0 aliphatic heterocycles. The topological polar surface area (TPSA) is 62.7 Å². The highest BCUT2D eigenvalue weighted by Gasteiger charge is 2.21. The largest absolute Gasteiger partial charge is 0.383 e. The molecule has 0 unspecified atom stereocenters. The maximum atomic E-state index is 9.78. The number of hydrogen-bond acceptors (Lipinski definition) is 3. The lowest BCUT2D eigenvalue weighted by atomic mass is 9.89. The molecule has 0 saturated carbocycles. The number of anilines is 1. The molecule has 1 heterocycles. The summed E-state index contributed by atoms with van der Waals surface area (Å²) in [4.78, 5) is 4.63. The predicted molar refractivity (Wildman–Crippen MR) is 113 cm³/mol. The van der Waals surface area contributed by atoms with Crippen LogP contribution in [0.2, 0.25) is 10.0 Å². The maximum Gasteiger partial charge on any atom is 0.142 e. The van der Waals surface area contributed by atoms with Gasteiger partial charge in [0.05, 0.1) is 0 Å². The number of nitrogen functional groups attached to an aromatic ring is 1. The van der Waals surface area contributed by atoms with E-state index in [1.807, 2.05) is 12.1 Å². The lowest BCUT2D eigenvalue weighted by Crippen LogP contribution is -2.09. The second kappa shape index (κ2) is 9.44. The van der Waals surface area contributed by atoms with E-state index in [0.29, 0.717) is 21.4 Å². The van der Waals surface area contributed by atoms with Gasteiger partial charge in [-0.25, -0.2) is 4.98 Å². The van der Waals surface area contributed by atoms with Gasteiger partial charge in [-0.15, -0.1) is 0 Å². The van der Waals surface area contributed by atoms with Crippen LogP contribution >= 0.6 is 23.2 Å². The summed E-state index contributed by atoms with van der Waals surface area (Å²) in [5.74, 6) is 0.296. The molecule has 0 amide bonds. The monoisotopic (exact) mass is 401 g/mol. The molecule has 0 bridgehead atoms. The second-order valence-electron chi connectivity index (χ2n) is 7.24. The summed E-state index contributed by atoms with van der Waals surface area (Å²) < 4.78 is 0. The summed E-state index contributed by atoms with van der Waals surface area (Å²) in [5.41, 5.74) is 10.4. The number of benzene rings is 1. The Balaban J connectivity index is 2.15. The van der Waals surface area contributed by atoms with Crippen molar-refractivity contribution in [3.63, 3.8) is 0 Å². The quantitative estimate of drug-likeness (QED) is 0.575. The van der Waals surface area contributed by atoms with Crippen molar-refractivity contribution in [3.8, 4) is 17.2 Å². The molecule has 0 atom stereocenters. The van der Waals surface area contributed by atoms with E-state index < -0.39 is 0 Å². The van der Waals surface area contributed by atoms with E-state index in [4.69, 9.17) is 28.9 Å². The second-order valence-corrected chi connectivity index (χ2v) is 8.08. The number of fused-ring (bicyclic) bond motifs is 1. The lowest BCUT2D eigenvalue weighted by Gasteiger charge is -2.19. The van der Waals surface area contributed by atoms with Gasteiger partial charge in [-0.1, -0.05) is 67.8 Å². The normalized spacial score (nSPS) is 15.9. The van der Waals surface area contributed by atoms with Crippen molar-refractivity contribution in [1.29, 1.82) is 5.26 Å². The van der Waals surface area contributed by atoms with Crippen LogP contribution in [0, 0.1) is 11.3 Å². The van der Waals surface area contributed by atoms with Crippen LogP contribution in [-0.4, -0.2) is 4.98 Å². The third kappa shape index (κ3) is 4.75. The zero-order valence-corrected chi connectivity index (χ0v) is 17.0. The molecule has 0 saturated heterocycles. The first-order valence-electron chi connectivity index (χ1n) is 9.78. The van der Waals surface area contributed by atoms with Gasteiger partial charge in [0.1, 0.15) is 17.5 Å². The fourth-order valence-corrected chi connectivity index (χ4v) is 4.43. The van der Waals surface area contributed by atoms with E-state index >= 15 is 0 Å². The van der Waals surface area contributed by atoms with Gasteiger partial charge < -0.3 is 5.73 Å². The average Bonchev–Trinajstić information content (AvgIpc) is 2.63. The minimum atomic E-state index is 0.296. The fourth-order valence-electron chi connectivity index (χ4n) is 3.93. The van der Waals surface area contributed by atoms with Crippen LogP contribution in [0.5, 0.6) is 0 Å². The van der Waals surface area contributed by atoms with Gasteiger partial charge >= 0.3 is 0 Å². The van der Waals surface area contributed by atoms with Crippen LogP contribution < -0.4 is 5.73 Å². The highest BCUT2D eigenvalue weighted by atomic mass is 35.5. The molecule has 2 N–H and O–H groups in total. The van der Waals surface area contributed by atoms with Crippen LogP contribution in [0.3, 0.4) is 0 Å². The van der Waals surface area contributed by atoms with Crippen molar-refractivity contribution >= 4 is 29.0 Å². The van der Waals surface area contributed by atoms with E-state index in [9.17, 15) is 5.26 Å². The van der Waals surface area contributed by atoms with Crippen molar-refractivity contribution in [2.75, 3.05) is 5.73 Å². The SMILES string of the molecule is N#Cc1c(N)nc2c(c1-c1ccc(Cl)cc1Cl)CCCCCCCCCC2. The molecule has 0 spiro atoms. The molecule has 1 aromatic carbocycles. The van der Waals surface area contributed by atoms with Crippen LogP contribution in [0.15, 0.2) is 18.2 Å². The maximum absolute atomic E-state index is 9.78. The number of rotatable bonds is 1. The standard InChI is InChI=1S/C22H25Cl2N3/c23-15-11-12-16(19(24)13-15)21-17-9-7-5-3-1-2-4-6-8-10-20(17)27-22(26)18(21)14-25/h11-13H,1-10H2,(H2,26,27). The van der Waals surface area contributed by atoms with Gasteiger partial charge in [0.25, 0.3) is 0 Å². The number of nitrogens with two attached hydrogens (primary N) is 1. The molecule has 27 heavy (non-hydrogen) atoms. The number of aryl methyl sites for hydroxylation is 1. The third-order valence-electron chi connectivity index (χ3n) is 5.31. The number of pyridine rings is 1. The van der Waals surface area contributed by atoms with Crippen LogP contribution in [0.25, 0.3) is 11.1 Å². The lowest BCUT2D eigenvalue weighted by molar-refractivity contribution is 0.557. The molecule has 0 fully saturated rings. The van der Waals surface area contributed by atoms with E-state index in [1.54, 1.807) is 6.07 Å². The molecule has 0 radical (unpaired) electrons. The summed E-state index contributed by atoms with van der Waals surface area (Å²) in [5, 5.41) is 10.9. The van der Waals surface area contributed by atoms with Crippen molar-refractivity contribution in [2.24, 2.45) is 0 Å². The first-order chi connectivity index (χ1) is 13.1. The summed E-state index contributed by atoms with van der Waals surface area (Å²) >= 11 is 12.6. The summed E-state index contributed by atoms with van der Waals surface area (Å²) in [7, 11) is 0. The van der Waals surface area contributed by atoms with E-state index in [-0.39, 0.29) is 0 Å². The molecule has 1 aromatic heterocycles. The summed E-state index contributed by atoms with van der Waals surface area (Å²) in [6, 6.07) is 7.68. The molecule has 3 rings (SSSR count). The first-order valence-corrected chi connectivity index (χ1v) is 10.5. The number of nitriles is 1. The Kier molecular flexibility index (Phi) is 6.99. The highest BCUT2D eigenvalue weighted by Crippen LogP contribution is 2.38. The first kappa shape index (κ1) is 20.0. The number of hydrogen-bond donors (Lipinski definition) is 1. The van der Waals surface area contributed by atoms with Crippen LogP contribution in [0.1, 0.15) is 68.2 Å². The highest BCUT2D eigenvalue weighted by molar-refractivity contribution is 6.36. The number of halogens is 2. The molecular formula is C22H25Cl2N3. The Morgan fingerprint density at radius 2 is 1.56 bits per heavy atom. The minimum Gasteiger partial charge on any atom is -0.383 e. The zero-order valence-electron chi connectivity index (χ0n) is 15.5. The Labute approximate surface area is 171 Å². The van der Waals surface area contributed by atoms with Gasteiger partial charge in [0.2, 0.25) is 0 Å². The zero-order chi connectivity index (χ0) is 19.2. The van der Waals surface area contributed by atoms with Crippen LogP contribution in [0.4, 0.5) is 5.82 Å². The molecule has 5 heteroatoms. The van der Waals surface area contributed by atoms with E-state index in [1.165, 1.54) is 38.5 Å². The van der Waals surface area contributed by atoms with Crippen molar-refractivity contribution in [3.05, 3.63) is 45.1 Å². The average molecular weight is 402 g/mol. The Hall–Kier alpha value is -1.76. The molecule has 1 aliphatic rings. The fraction of sp³-hybridized carbons (Fsp3) is 0.455. The van der Waals surface area contributed by atoms with Gasteiger partial charge in [-0.3, -0.25) is 0 Å². The van der Waals surface area contributed by atoms with Gasteiger partial charge in [0, 0.05) is 26.9 Å². The summed E-state index contributed by atoms with van der Waals surface area (Å²) in [6.07, 6.45) is 11.5. The van der Waals surface area contributed by atoms with E-state index in [0.717, 1.165) is 48.1 Å². The van der Waals surface area contributed by atoms with Crippen LogP contribution in [-0.2, 0) is 12.8 Å². The van der Waals surface area contributed by atoms with E-state index in [2.05, 4.69) is 11.1 Å². The summed E-state index contributed by atoms with van der Waals surface area (Å²) in [6.45, 7) is 0. The van der Waals surface area contributed by atoms with Gasteiger partial charge in [-0.2, -0.15) is 5.26 Å². The number of nitrogens with zero attached hydrogens (tertiary/aromatic N) is 2. The van der Waals surface area contributed by atoms with Crippen molar-refractivity contribution < 1.29 is 0 Å². The molecule has 1 aliphatic carbocycles. The third-order valence-corrected chi connectivity index (χ3v) is 5.86. The molecule has 3 nitrogen and oxygen atoms in total. The Morgan fingerprint density at radius 3 is 2.19 bits per heavy atom. The Morgan fingerprint density at radius 1 is 0.926 bits per heavy atom. The van der Waals surface area contributed by atoms with Gasteiger partial charge in [0.15, 0.2) is 0 Å². The van der Waals surface area contributed by atoms with Crippen molar-refractivity contribution in [1.82, 2.24) is 4.98 Å². The number of aromatic nitrogens is 1. The predicted octanol–water partition coefficient (Wildman–Crippen LogP) is 6.73. The van der Waals surface area contributed by atoms with Crippen molar-refractivity contribution in [2.45, 2.75) is 64.2 Å². The molecule has 2 aromatic rings. The molecule has 142 valence electrons. The molecular weight excluding hydrogens is 377 g/mol. The Bertz CT molecular complexity index is 856. The van der Waals surface area contributed by atoms with Gasteiger partial charge in [-0.05, 0) is 43.4 Å².